The third kappa shape index (κ3) is 6.49. The number of aromatic amines is 1. The first-order valence-electron chi connectivity index (χ1n) is 16.1. The monoisotopic (exact) mass is 652 g/mol. The van der Waals surface area contributed by atoms with Crippen molar-refractivity contribution in [3.05, 3.63) is 102 Å². The van der Waals surface area contributed by atoms with Gasteiger partial charge in [0.05, 0.1) is 23.3 Å². The van der Waals surface area contributed by atoms with Crippen molar-refractivity contribution in [1.29, 1.82) is 0 Å². The minimum atomic E-state index is -0.762. The lowest BCUT2D eigenvalue weighted by atomic mass is 9.78. The molecule has 0 bridgehead atoms. The highest BCUT2D eigenvalue weighted by Crippen LogP contribution is 2.47. The van der Waals surface area contributed by atoms with Gasteiger partial charge in [0.25, 0.3) is 0 Å². The van der Waals surface area contributed by atoms with Crippen molar-refractivity contribution in [2.45, 2.75) is 49.5 Å². The Hall–Kier alpha value is -5.20. The average Bonchev–Trinajstić information content (AvgIpc) is 3.64. The van der Waals surface area contributed by atoms with Crippen LogP contribution in [0.15, 0.2) is 85.2 Å². The van der Waals surface area contributed by atoms with Crippen molar-refractivity contribution in [1.82, 2.24) is 20.2 Å². The zero-order valence-electron chi connectivity index (χ0n) is 26.6. The number of Topliss-reactive ketones (excluding diaryl/α,β-unsaturated/α-hetero) is 1. The van der Waals surface area contributed by atoms with Gasteiger partial charge in [-0.1, -0.05) is 54.6 Å². The van der Waals surface area contributed by atoms with E-state index < -0.39 is 11.6 Å². The number of nitrogens with two attached hydrogens (primary N) is 2. The van der Waals surface area contributed by atoms with Crippen LogP contribution in [0.1, 0.15) is 47.3 Å². The second kappa shape index (κ2) is 14.3. The number of ketones is 1. The number of carbonyl (C=O) groups is 3. The maximum absolute atomic E-state index is 12.7. The lowest BCUT2D eigenvalue weighted by Crippen LogP contribution is -2.63. The molecule has 4 aliphatic heterocycles. The van der Waals surface area contributed by atoms with Crippen molar-refractivity contribution < 1.29 is 28.6 Å². The molecule has 0 radical (unpaired) electrons. The van der Waals surface area contributed by atoms with Gasteiger partial charge in [0.15, 0.2) is 11.4 Å². The van der Waals surface area contributed by atoms with E-state index in [0.717, 1.165) is 54.2 Å². The molecule has 1 aromatic heterocycles. The maximum atomic E-state index is 12.7. The molecular formula is C36H40N6O6. The third-order valence-electron chi connectivity index (χ3n) is 9.34. The highest BCUT2D eigenvalue weighted by Gasteiger charge is 2.50. The highest BCUT2D eigenvalue weighted by molar-refractivity contribution is 6.04. The molecule has 2 amide bonds. The molecule has 4 aromatic rings. The predicted molar refractivity (Wildman–Crippen MR) is 178 cm³/mol. The quantitative estimate of drug-likeness (QED) is 0.234. The summed E-state index contributed by atoms with van der Waals surface area (Å²) in [5.74, 6) is 1.43. The molecule has 2 saturated heterocycles. The molecule has 48 heavy (non-hydrogen) atoms. The minimum Gasteiger partial charge on any atom is -0.484 e. The van der Waals surface area contributed by atoms with Gasteiger partial charge in [-0.3, -0.25) is 9.59 Å². The van der Waals surface area contributed by atoms with Gasteiger partial charge in [-0.2, -0.15) is 0 Å². The molecule has 0 aliphatic carbocycles. The molecule has 2 spiro atoms. The van der Waals surface area contributed by atoms with E-state index in [1.165, 1.54) is 0 Å². The van der Waals surface area contributed by atoms with Gasteiger partial charge < -0.3 is 40.9 Å². The number of nitrogens with one attached hydrogen (secondary N) is 2. The fourth-order valence-corrected chi connectivity index (χ4v) is 6.78. The van der Waals surface area contributed by atoms with Crippen molar-refractivity contribution in [3.8, 4) is 22.8 Å². The third-order valence-corrected chi connectivity index (χ3v) is 9.34. The number of benzene rings is 3. The number of para-hydroxylation sites is 2. The number of hydrogen-bond acceptors (Lipinski definition) is 9. The van der Waals surface area contributed by atoms with Crippen molar-refractivity contribution >= 4 is 18.3 Å². The van der Waals surface area contributed by atoms with E-state index in [4.69, 9.17) is 24.7 Å². The van der Waals surface area contributed by atoms with Crippen LogP contribution in [0.25, 0.3) is 11.3 Å². The van der Waals surface area contributed by atoms with E-state index in [0.29, 0.717) is 37.2 Å². The Morgan fingerprint density at radius 3 is 2.21 bits per heavy atom. The van der Waals surface area contributed by atoms with Crippen LogP contribution in [0.3, 0.4) is 0 Å². The normalized spacial score (nSPS) is 19.4. The second-order valence-corrected chi connectivity index (χ2v) is 12.1. The molecule has 250 valence electrons. The second-order valence-electron chi connectivity index (χ2n) is 12.1. The summed E-state index contributed by atoms with van der Waals surface area (Å²) >= 11 is 0. The summed E-state index contributed by atoms with van der Waals surface area (Å²) in [7, 11) is 0. The summed E-state index contributed by atoms with van der Waals surface area (Å²) in [5, 5.41) is 3.39. The van der Waals surface area contributed by atoms with Crippen LogP contribution >= 0.6 is 0 Å². The number of nitrogens with zero attached hydrogens (tertiary/aromatic N) is 2. The lowest BCUT2D eigenvalue weighted by Gasteiger charge is -2.46. The molecule has 1 atom stereocenters. The number of imidazole rings is 1. The molecular weight excluding hydrogens is 612 g/mol. The van der Waals surface area contributed by atoms with Gasteiger partial charge >= 0.3 is 6.09 Å². The predicted octanol–water partition coefficient (Wildman–Crippen LogP) is 3.91. The van der Waals surface area contributed by atoms with E-state index in [-0.39, 0.29) is 30.5 Å². The van der Waals surface area contributed by atoms with Crippen LogP contribution < -0.4 is 26.3 Å². The number of carbonyl (C=O) groups excluding carboxylic acids is 3. The van der Waals surface area contributed by atoms with Gasteiger partial charge in [-0.25, -0.2) is 9.78 Å². The Kier molecular flexibility index (Phi) is 9.74. The number of likely N-dealkylation sites (tertiary alicyclic amines) is 1. The number of fused-ring (bicyclic) bond motifs is 5. The largest absolute Gasteiger partial charge is 0.484 e. The Bertz CT molecular complexity index is 1730. The minimum absolute atomic E-state index is 0.100. The molecule has 0 saturated carbocycles. The van der Waals surface area contributed by atoms with Crippen molar-refractivity contribution in [2.75, 3.05) is 26.2 Å². The molecule has 3 aromatic carbocycles. The number of H-pyrrole nitrogens is 1. The molecule has 12 heteroatoms. The maximum Gasteiger partial charge on any atom is 0.410 e. The first-order chi connectivity index (χ1) is 23.4. The molecule has 2 fully saturated rings. The Morgan fingerprint density at radius 1 is 0.917 bits per heavy atom. The summed E-state index contributed by atoms with van der Waals surface area (Å²) in [6.07, 6.45) is 4.63. The lowest BCUT2D eigenvalue weighted by molar-refractivity contribution is -0.106. The number of hydrogen-bond donors (Lipinski definition) is 4. The molecule has 12 nitrogen and oxygen atoms in total. The van der Waals surface area contributed by atoms with E-state index in [2.05, 4.69) is 27.1 Å². The van der Waals surface area contributed by atoms with E-state index in [1.807, 2.05) is 54.6 Å². The van der Waals surface area contributed by atoms with Crippen LogP contribution in [0.2, 0.25) is 0 Å². The molecule has 6 N–H and O–H groups in total. The number of aromatic nitrogens is 2. The van der Waals surface area contributed by atoms with Crippen LogP contribution in [0, 0.1) is 0 Å². The van der Waals surface area contributed by atoms with E-state index >= 15 is 0 Å². The van der Waals surface area contributed by atoms with Crippen LogP contribution in [-0.4, -0.2) is 71.0 Å². The molecule has 1 unspecified atom stereocenters. The molecule has 8 rings (SSSR count). The summed E-state index contributed by atoms with van der Waals surface area (Å²) in [5.41, 5.74) is 14.2. The summed E-state index contributed by atoms with van der Waals surface area (Å²) in [6, 6.07) is 24.2. The standard InChI is InChI=1S/C21H22N2O4.C14H15N3O.CH3NO/c22-19-18(24)16-8-4-5-9-17(16)27-21(19)10-12-23(13-11-21)20(25)26-14-15-6-2-1-3-7-15;1-2-4-11-10(3-1)12-13(17-9-16-12)14(18-11)5-7-15-8-6-14;2-1-3/h1-9,19H,10-14,22H2;1-4,9,15H,5-8H2,(H,16,17);1H,(H2,2,3). The molecule has 4 aliphatic rings. The first-order valence-corrected chi connectivity index (χ1v) is 16.1. The summed E-state index contributed by atoms with van der Waals surface area (Å²) in [6.45, 7) is 3.10. The van der Waals surface area contributed by atoms with Gasteiger partial charge in [0.2, 0.25) is 6.41 Å². The highest BCUT2D eigenvalue weighted by atomic mass is 16.6. The van der Waals surface area contributed by atoms with Crippen LogP contribution in [0.5, 0.6) is 11.5 Å². The number of rotatable bonds is 2. The van der Waals surface area contributed by atoms with Gasteiger partial charge in [-0.05, 0) is 42.9 Å². The topological polar surface area (TPSA) is 175 Å². The Morgan fingerprint density at radius 2 is 1.52 bits per heavy atom. The van der Waals surface area contributed by atoms with Gasteiger partial charge in [0.1, 0.15) is 29.7 Å². The number of primary amides is 1. The molecule has 5 heterocycles. The number of piperidine rings is 2. The van der Waals surface area contributed by atoms with Crippen LogP contribution in [-0.2, 0) is 21.7 Å². The summed E-state index contributed by atoms with van der Waals surface area (Å²) in [4.78, 5) is 43.0. The van der Waals surface area contributed by atoms with E-state index in [9.17, 15) is 9.59 Å². The van der Waals surface area contributed by atoms with E-state index in [1.54, 1.807) is 29.4 Å². The fourth-order valence-electron chi connectivity index (χ4n) is 6.78. The number of ether oxygens (including phenoxy) is 3. The van der Waals surface area contributed by atoms with Crippen molar-refractivity contribution in [3.63, 3.8) is 0 Å². The fraction of sp³-hybridized carbons (Fsp3) is 0.333. The van der Waals surface area contributed by atoms with Gasteiger partial charge in [0, 0.05) is 44.3 Å². The smallest absolute Gasteiger partial charge is 0.410 e. The van der Waals surface area contributed by atoms with Crippen molar-refractivity contribution in [2.24, 2.45) is 11.5 Å². The zero-order chi connectivity index (χ0) is 33.6. The SMILES string of the molecule is NC1C(=O)c2ccccc2OC12CCN(C(=O)OCc1ccccc1)CC2.NC=O.c1ccc2c(c1)OC1(CCNCC1)c1[nH]cnc1-2. The van der Waals surface area contributed by atoms with Crippen LogP contribution in [0.4, 0.5) is 4.79 Å². The zero-order valence-corrected chi connectivity index (χ0v) is 26.6. The van der Waals surface area contributed by atoms with Gasteiger partial charge in [-0.15, -0.1) is 0 Å². The number of amides is 2. The Labute approximate surface area is 278 Å². The average molecular weight is 653 g/mol. The first kappa shape index (κ1) is 32.7. The summed E-state index contributed by atoms with van der Waals surface area (Å²) < 4.78 is 17.9. The Balaban J connectivity index is 0.000000165.